The van der Waals surface area contributed by atoms with Crippen molar-refractivity contribution in [3.8, 4) is 0 Å². The normalized spacial score (nSPS) is 19.2. The maximum absolute atomic E-state index is 12.6. The van der Waals surface area contributed by atoms with Gasteiger partial charge in [-0.15, -0.1) is 0 Å². The summed E-state index contributed by atoms with van der Waals surface area (Å²) in [7, 11) is 0. The van der Waals surface area contributed by atoms with Crippen molar-refractivity contribution in [2.24, 2.45) is 0 Å². The number of hydrogen-bond donors (Lipinski definition) is 0. The van der Waals surface area contributed by atoms with Crippen LogP contribution < -0.4 is 0 Å². The van der Waals surface area contributed by atoms with Crippen molar-refractivity contribution in [1.82, 2.24) is 4.90 Å². The van der Waals surface area contributed by atoms with Gasteiger partial charge in [0.1, 0.15) is 5.67 Å². The lowest BCUT2D eigenvalue weighted by Crippen LogP contribution is -2.56. The fraction of sp³-hybridized carbons (Fsp3) is 1.00. The predicted octanol–water partition coefficient (Wildman–Crippen LogP) is 3.10. The average molecular weight is 177 g/mol. The highest BCUT2D eigenvalue weighted by Crippen LogP contribution is 2.23. The van der Waals surface area contributed by atoms with Gasteiger partial charge in [-0.05, 0) is 13.5 Å². The van der Waals surface area contributed by atoms with Gasteiger partial charge in [-0.25, -0.2) is 4.39 Å². The van der Waals surface area contributed by atoms with Crippen molar-refractivity contribution in [2.45, 2.75) is 47.2 Å². The van der Waals surface area contributed by atoms with E-state index in [0.717, 1.165) is 6.54 Å². The molecule has 12 heavy (non-hydrogen) atoms. The van der Waals surface area contributed by atoms with Crippen LogP contribution in [0.4, 0.5) is 4.39 Å². The molecule has 0 aromatic heterocycles. The van der Waals surface area contributed by atoms with E-state index in [2.05, 4.69) is 11.8 Å². The second-order valence-electron chi connectivity index (χ2n) is 2.72. The first-order valence-corrected chi connectivity index (χ1v) is 5.05. The van der Waals surface area contributed by atoms with E-state index in [9.17, 15) is 4.39 Å². The van der Waals surface area contributed by atoms with E-state index in [1.165, 1.54) is 0 Å². The van der Waals surface area contributed by atoms with Crippen molar-refractivity contribution < 1.29 is 4.39 Å². The zero-order valence-corrected chi connectivity index (χ0v) is 9.45. The number of halogens is 1. The Morgan fingerprint density at radius 1 is 1.17 bits per heavy atom. The molecule has 0 spiro atoms. The van der Waals surface area contributed by atoms with Gasteiger partial charge in [0.2, 0.25) is 0 Å². The van der Waals surface area contributed by atoms with Crippen LogP contribution in [0.15, 0.2) is 0 Å². The van der Waals surface area contributed by atoms with Gasteiger partial charge < -0.3 is 0 Å². The average Bonchev–Trinajstić information content (AvgIpc) is 2.07. The third kappa shape index (κ3) is 5.53. The van der Waals surface area contributed by atoms with E-state index in [1.807, 2.05) is 27.7 Å². The highest BCUT2D eigenvalue weighted by Gasteiger charge is 2.37. The van der Waals surface area contributed by atoms with Crippen LogP contribution in [0.3, 0.4) is 0 Å². The van der Waals surface area contributed by atoms with Gasteiger partial charge in [0.15, 0.2) is 0 Å². The second-order valence-corrected chi connectivity index (χ2v) is 2.72. The highest BCUT2D eigenvalue weighted by molar-refractivity contribution is 4.90. The first-order chi connectivity index (χ1) is 5.64. The Morgan fingerprint density at radius 3 is 1.58 bits per heavy atom. The summed E-state index contributed by atoms with van der Waals surface area (Å²) in [5, 5.41) is 0. The molecule has 76 valence electrons. The van der Waals surface area contributed by atoms with Gasteiger partial charge in [-0.3, -0.25) is 4.90 Å². The third-order valence-electron chi connectivity index (χ3n) is 1.55. The molecule has 0 atom stereocenters. The molecule has 0 N–H and O–H groups in total. The lowest BCUT2D eigenvalue weighted by molar-refractivity contribution is -0.0135. The molecule has 1 nitrogen and oxygen atoms in total. The Balaban J connectivity index is 0. The number of hydrogen-bond acceptors (Lipinski definition) is 1. The van der Waals surface area contributed by atoms with E-state index < -0.39 is 5.67 Å². The fourth-order valence-corrected chi connectivity index (χ4v) is 1.11. The fourth-order valence-electron chi connectivity index (χ4n) is 1.11. The molecular formula is C10H24FN. The molecule has 0 aromatic carbocycles. The largest absolute Gasteiger partial charge is 0.297 e. The van der Waals surface area contributed by atoms with Crippen LogP contribution in [0.5, 0.6) is 0 Å². The summed E-state index contributed by atoms with van der Waals surface area (Å²) in [5.41, 5.74) is -0.879. The molecule has 1 aliphatic heterocycles. The van der Waals surface area contributed by atoms with Crippen LogP contribution in [0.1, 0.15) is 41.5 Å². The molecule has 2 heteroatoms. The molecule has 1 heterocycles. The minimum Gasteiger partial charge on any atom is -0.297 e. The molecule has 1 rings (SSSR count). The number of nitrogens with zero attached hydrogens (tertiary/aromatic N) is 1. The molecule has 0 saturated carbocycles. The summed E-state index contributed by atoms with van der Waals surface area (Å²) in [4.78, 5) is 2.08. The Morgan fingerprint density at radius 2 is 1.50 bits per heavy atom. The molecule has 1 aliphatic rings. The lowest BCUT2D eigenvalue weighted by Gasteiger charge is -2.41. The van der Waals surface area contributed by atoms with Crippen molar-refractivity contribution in [2.75, 3.05) is 19.6 Å². The van der Waals surface area contributed by atoms with Crippen molar-refractivity contribution in [3.63, 3.8) is 0 Å². The van der Waals surface area contributed by atoms with Gasteiger partial charge in [0.25, 0.3) is 0 Å². The number of alkyl halides is 1. The van der Waals surface area contributed by atoms with Gasteiger partial charge in [0, 0.05) is 13.1 Å². The van der Waals surface area contributed by atoms with Crippen LogP contribution in [0.2, 0.25) is 0 Å². The molecule has 0 amide bonds. The number of likely N-dealkylation sites (tertiary alicyclic amines) is 1. The molecule has 1 saturated heterocycles. The smallest absolute Gasteiger partial charge is 0.133 e. The lowest BCUT2D eigenvalue weighted by atomic mass is 10.00. The van der Waals surface area contributed by atoms with Crippen LogP contribution in [-0.2, 0) is 0 Å². The van der Waals surface area contributed by atoms with Crippen LogP contribution in [0.25, 0.3) is 0 Å². The maximum atomic E-state index is 12.6. The number of rotatable bonds is 1. The predicted molar refractivity (Wildman–Crippen MR) is 54.3 cm³/mol. The molecule has 0 aliphatic carbocycles. The van der Waals surface area contributed by atoms with E-state index in [4.69, 9.17) is 0 Å². The minimum atomic E-state index is -0.879. The summed E-state index contributed by atoms with van der Waals surface area (Å²) in [5.74, 6) is 0. The topological polar surface area (TPSA) is 3.24 Å². The van der Waals surface area contributed by atoms with Crippen LogP contribution >= 0.6 is 0 Å². The van der Waals surface area contributed by atoms with Crippen molar-refractivity contribution >= 4 is 0 Å². The minimum absolute atomic E-state index is 0.628. The van der Waals surface area contributed by atoms with Crippen molar-refractivity contribution in [1.29, 1.82) is 0 Å². The molecule has 0 aromatic rings. The van der Waals surface area contributed by atoms with Crippen LogP contribution in [-0.4, -0.2) is 30.2 Å². The van der Waals surface area contributed by atoms with Crippen LogP contribution in [0, 0.1) is 0 Å². The summed E-state index contributed by atoms with van der Waals surface area (Å²) in [6.07, 6.45) is 0. The van der Waals surface area contributed by atoms with Gasteiger partial charge in [-0.2, -0.15) is 0 Å². The SMILES string of the molecule is CC.CC.CCN1CC(C)(F)C1. The van der Waals surface area contributed by atoms with E-state index in [-0.39, 0.29) is 0 Å². The first-order valence-electron chi connectivity index (χ1n) is 5.05. The zero-order chi connectivity index (χ0) is 10.2. The zero-order valence-electron chi connectivity index (χ0n) is 9.45. The van der Waals surface area contributed by atoms with Gasteiger partial charge >= 0.3 is 0 Å². The Bertz CT molecular complexity index is 83.8. The molecular weight excluding hydrogens is 153 g/mol. The molecule has 0 unspecified atom stereocenters. The van der Waals surface area contributed by atoms with E-state index in [0.29, 0.717) is 13.1 Å². The summed E-state index contributed by atoms with van der Waals surface area (Å²) < 4.78 is 12.6. The second kappa shape index (κ2) is 7.53. The Kier molecular flexibility index (Phi) is 9.05. The van der Waals surface area contributed by atoms with E-state index >= 15 is 0 Å². The molecule has 1 fully saturated rings. The first kappa shape index (κ1) is 14.4. The maximum Gasteiger partial charge on any atom is 0.133 e. The van der Waals surface area contributed by atoms with Gasteiger partial charge in [-0.1, -0.05) is 34.6 Å². The standard InChI is InChI=1S/C6H12FN.2C2H6/c1-3-8-4-6(2,7)5-8;2*1-2/h3-5H2,1-2H3;2*1-2H3. The molecule has 0 bridgehead atoms. The van der Waals surface area contributed by atoms with E-state index in [1.54, 1.807) is 6.92 Å². The van der Waals surface area contributed by atoms with Crippen molar-refractivity contribution in [3.05, 3.63) is 0 Å². The third-order valence-corrected chi connectivity index (χ3v) is 1.55. The highest BCUT2D eigenvalue weighted by atomic mass is 19.1. The Hall–Kier alpha value is -0.110. The Labute approximate surface area is 77.0 Å². The van der Waals surface area contributed by atoms with Gasteiger partial charge in [0.05, 0.1) is 0 Å². The quantitative estimate of drug-likeness (QED) is 0.595. The molecule has 0 radical (unpaired) electrons. The summed E-state index contributed by atoms with van der Waals surface area (Å²) >= 11 is 0. The summed E-state index contributed by atoms with van der Waals surface area (Å²) in [6.45, 7) is 13.9. The summed E-state index contributed by atoms with van der Waals surface area (Å²) in [6, 6.07) is 0. The monoisotopic (exact) mass is 177 g/mol.